The van der Waals surface area contributed by atoms with E-state index < -0.39 is 0 Å². The van der Waals surface area contributed by atoms with Crippen LogP contribution in [0, 0.1) is 11.3 Å². The van der Waals surface area contributed by atoms with Gasteiger partial charge in [0.15, 0.2) is 5.82 Å². The molecule has 0 atom stereocenters. The summed E-state index contributed by atoms with van der Waals surface area (Å²) >= 11 is 0. The fraction of sp³-hybridized carbons (Fsp3) is 0. The Balaban J connectivity index is 1.24. The normalized spacial score (nSPS) is 11.4. The van der Waals surface area contributed by atoms with Crippen molar-refractivity contribution >= 4 is 43.6 Å². The van der Waals surface area contributed by atoms with Gasteiger partial charge in [-0.2, -0.15) is 5.26 Å². The van der Waals surface area contributed by atoms with Gasteiger partial charge in [-0.15, -0.1) is 0 Å². The smallest absolute Gasteiger partial charge is 0.160 e. The molecular weight excluding hydrogens is 635 g/mol. The topological polar surface area (TPSA) is 59.4 Å². The number of hydrogen-bond donors (Lipinski definition) is 0. The highest BCUT2D eigenvalue weighted by Gasteiger charge is 2.22. The van der Waals surface area contributed by atoms with Crippen LogP contribution in [0.5, 0.6) is 0 Å². The van der Waals surface area contributed by atoms with E-state index in [-0.39, 0.29) is 0 Å². The van der Waals surface area contributed by atoms with Crippen molar-refractivity contribution in [2.75, 3.05) is 0 Å². The van der Waals surface area contributed by atoms with Crippen LogP contribution in [0.1, 0.15) is 5.56 Å². The Labute approximate surface area is 299 Å². The Morgan fingerprint density at radius 2 is 1.06 bits per heavy atom. The van der Waals surface area contributed by atoms with Crippen molar-refractivity contribution in [3.05, 3.63) is 181 Å². The van der Waals surface area contributed by atoms with Gasteiger partial charge in [0.05, 0.1) is 45.1 Å². The molecule has 242 valence electrons. The Bertz CT molecular complexity index is 2950. The fourth-order valence-electron chi connectivity index (χ4n) is 7.68. The van der Waals surface area contributed by atoms with Gasteiger partial charge < -0.3 is 9.13 Å². The average Bonchev–Trinajstić information content (AvgIpc) is 3.74. The first kappa shape index (κ1) is 29.6. The van der Waals surface area contributed by atoms with Gasteiger partial charge in [0.2, 0.25) is 0 Å². The van der Waals surface area contributed by atoms with Crippen LogP contribution in [0.15, 0.2) is 176 Å². The number of nitriles is 1. The van der Waals surface area contributed by atoms with Crippen LogP contribution in [0.3, 0.4) is 0 Å². The maximum atomic E-state index is 10.7. The lowest BCUT2D eigenvalue weighted by Crippen LogP contribution is -1.99. The zero-order valence-electron chi connectivity index (χ0n) is 28.0. The highest BCUT2D eigenvalue weighted by atomic mass is 15.0. The molecule has 0 aliphatic carbocycles. The Hall–Kier alpha value is -7.29. The molecule has 3 aromatic heterocycles. The van der Waals surface area contributed by atoms with E-state index in [1.165, 1.54) is 10.8 Å². The molecular formula is C47H29N5. The zero-order valence-corrected chi connectivity index (χ0v) is 28.0. The lowest BCUT2D eigenvalue weighted by Gasteiger charge is -2.13. The van der Waals surface area contributed by atoms with E-state index in [1.807, 2.05) is 78.9 Å². The lowest BCUT2D eigenvalue weighted by atomic mass is 10.0. The van der Waals surface area contributed by atoms with E-state index in [2.05, 4.69) is 112 Å². The standard InChI is InChI=1S/C47H29N5/c48-30-33-28-35(24-25-36(33)41-29-40(31-14-4-1-5-15-31)49-47(50-41)32-16-6-2-7-17-32)52-42-22-12-10-20-37(42)38-26-27-44-45(46(38)52)39-21-11-13-23-43(39)51(44)34-18-8-3-9-19-34/h1-29H. The molecule has 5 heteroatoms. The minimum Gasteiger partial charge on any atom is -0.309 e. The molecule has 10 rings (SSSR count). The van der Waals surface area contributed by atoms with Crippen LogP contribution in [-0.4, -0.2) is 19.1 Å². The average molecular weight is 664 g/mol. The summed E-state index contributed by atoms with van der Waals surface area (Å²) in [7, 11) is 0. The summed E-state index contributed by atoms with van der Waals surface area (Å²) in [5.74, 6) is 0.615. The number of aromatic nitrogens is 4. The van der Waals surface area contributed by atoms with Crippen molar-refractivity contribution in [3.63, 3.8) is 0 Å². The van der Waals surface area contributed by atoms with Crippen molar-refractivity contribution in [3.8, 4) is 51.3 Å². The fourth-order valence-corrected chi connectivity index (χ4v) is 7.68. The van der Waals surface area contributed by atoms with Crippen LogP contribution in [0.25, 0.3) is 88.9 Å². The molecule has 0 fully saturated rings. The number of hydrogen-bond acceptors (Lipinski definition) is 3. The van der Waals surface area contributed by atoms with Crippen LogP contribution in [-0.2, 0) is 0 Å². The molecule has 0 aliphatic heterocycles. The SMILES string of the molecule is N#Cc1cc(-n2c3ccccc3c3ccc4c(c5ccccc5n4-c4ccccc4)c32)ccc1-c1cc(-c2ccccc2)nc(-c2ccccc2)n1. The first-order chi connectivity index (χ1) is 25.8. The van der Waals surface area contributed by atoms with Crippen molar-refractivity contribution in [1.82, 2.24) is 19.1 Å². The monoisotopic (exact) mass is 663 g/mol. The molecule has 0 radical (unpaired) electrons. The molecule has 0 N–H and O–H groups in total. The van der Waals surface area contributed by atoms with E-state index in [0.717, 1.165) is 66.6 Å². The highest BCUT2D eigenvalue weighted by Crippen LogP contribution is 2.42. The summed E-state index contributed by atoms with van der Waals surface area (Å²) in [5.41, 5.74) is 11.2. The third-order valence-corrected chi connectivity index (χ3v) is 9.97. The number of nitrogens with zero attached hydrogens (tertiary/aromatic N) is 5. The van der Waals surface area contributed by atoms with Gasteiger partial charge in [0.25, 0.3) is 0 Å². The summed E-state index contributed by atoms with van der Waals surface area (Å²) in [6.45, 7) is 0. The zero-order chi connectivity index (χ0) is 34.6. The molecule has 0 aliphatic rings. The van der Waals surface area contributed by atoms with E-state index >= 15 is 0 Å². The maximum absolute atomic E-state index is 10.7. The van der Waals surface area contributed by atoms with Gasteiger partial charge in [-0.1, -0.05) is 121 Å². The van der Waals surface area contributed by atoms with Crippen LogP contribution in [0.2, 0.25) is 0 Å². The molecule has 0 amide bonds. The number of benzene rings is 7. The third kappa shape index (κ3) is 4.63. The number of para-hydroxylation sites is 3. The summed E-state index contributed by atoms with van der Waals surface area (Å²) in [5, 5.41) is 15.4. The molecule has 0 spiro atoms. The Morgan fingerprint density at radius 3 is 1.79 bits per heavy atom. The van der Waals surface area contributed by atoms with E-state index in [1.54, 1.807) is 0 Å². The van der Waals surface area contributed by atoms with Crippen LogP contribution in [0.4, 0.5) is 0 Å². The number of fused-ring (bicyclic) bond motifs is 7. The second kappa shape index (κ2) is 11.9. The molecule has 10 aromatic rings. The minimum atomic E-state index is 0.541. The molecule has 7 aromatic carbocycles. The molecule has 0 saturated carbocycles. The number of rotatable bonds is 5. The molecule has 0 unspecified atom stereocenters. The molecule has 0 saturated heterocycles. The maximum Gasteiger partial charge on any atom is 0.160 e. The third-order valence-electron chi connectivity index (χ3n) is 9.97. The second-order valence-electron chi connectivity index (χ2n) is 12.9. The van der Waals surface area contributed by atoms with Gasteiger partial charge >= 0.3 is 0 Å². The van der Waals surface area contributed by atoms with Gasteiger partial charge in [0, 0.05) is 49.6 Å². The second-order valence-corrected chi connectivity index (χ2v) is 12.9. The highest BCUT2D eigenvalue weighted by molar-refractivity contribution is 6.26. The first-order valence-electron chi connectivity index (χ1n) is 17.3. The summed E-state index contributed by atoms with van der Waals surface area (Å²) in [6.07, 6.45) is 0. The van der Waals surface area contributed by atoms with Crippen LogP contribution >= 0.6 is 0 Å². The summed E-state index contributed by atoms with van der Waals surface area (Å²) in [6, 6.07) is 62.9. The van der Waals surface area contributed by atoms with E-state index in [0.29, 0.717) is 17.1 Å². The molecule has 3 heterocycles. The minimum absolute atomic E-state index is 0.541. The van der Waals surface area contributed by atoms with Gasteiger partial charge in [-0.05, 0) is 54.6 Å². The van der Waals surface area contributed by atoms with Gasteiger partial charge in [-0.25, -0.2) is 9.97 Å². The molecule has 52 heavy (non-hydrogen) atoms. The summed E-state index contributed by atoms with van der Waals surface area (Å²) < 4.78 is 4.67. The van der Waals surface area contributed by atoms with Crippen molar-refractivity contribution in [2.45, 2.75) is 0 Å². The van der Waals surface area contributed by atoms with E-state index in [4.69, 9.17) is 9.97 Å². The predicted octanol–water partition coefficient (Wildman–Crippen LogP) is 11.5. The van der Waals surface area contributed by atoms with Gasteiger partial charge in [0.1, 0.15) is 0 Å². The van der Waals surface area contributed by atoms with Crippen molar-refractivity contribution < 1.29 is 0 Å². The molecule has 0 bridgehead atoms. The van der Waals surface area contributed by atoms with Crippen LogP contribution < -0.4 is 0 Å². The van der Waals surface area contributed by atoms with Crippen molar-refractivity contribution in [1.29, 1.82) is 5.26 Å². The first-order valence-corrected chi connectivity index (χ1v) is 17.3. The predicted molar refractivity (Wildman–Crippen MR) is 212 cm³/mol. The Kier molecular flexibility index (Phi) is 6.80. The Morgan fingerprint density at radius 1 is 0.442 bits per heavy atom. The lowest BCUT2D eigenvalue weighted by molar-refractivity contribution is 1.16. The van der Waals surface area contributed by atoms with Gasteiger partial charge in [-0.3, -0.25) is 0 Å². The largest absolute Gasteiger partial charge is 0.309 e. The quantitative estimate of drug-likeness (QED) is 0.184. The molecule has 5 nitrogen and oxygen atoms in total. The van der Waals surface area contributed by atoms with E-state index in [9.17, 15) is 5.26 Å². The van der Waals surface area contributed by atoms with Crippen molar-refractivity contribution in [2.24, 2.45) is 0 Å². The summed E-state index contributed by atoms with van der Waals surface area (Å²) in [4.78, 5) is 9.99.